The SMILES string of the molecule is CCCCC[C@@H](CCC1=C2[C@H](CC1=O)Cc1c(OCc3ccccc3)cccc1[C@@H]2O[Si](C)(C)C(C)(C)C)OC1CCCCO1. The molecule has 0 bridgehead atoms. The molecule has 246 valence electrons. The molecule has 1 saturated heterocycles. The fraction of sp³-hybridized carbons (Fsp3) is 0.615. The zero-order valence-corrected chi connectivity index (χ0v) is 29.7. The number of hydrogen-bond donors (Lipinski definition) is 0. The molecule has 1 aliphatic heterocycles. The number of carbonyl (C=O) groups excluding carboxylic acids is 1. The van der Waals surface area contributed by atoms with Gasteiger partial charge in [0, 0.05) is 18.6 Å². The van der Waals surface area contributed by atoms with Gasteiger partial charge in [-0.3, -0.25) is 4.79 Å². The van der Waals surface area contributed by atoms with E-state index in [-0.39, 0.29) is 29.5 Å². The first-order valence-electron chi connectivity index (χ1n) is 17.6. The molecule has 1 fully saturated rings. The second-order valence-corrected chi connectivity index (χ2v) is 19.7. The van der Waals surface area contributed by atoms with Gasteiger partial charge >= 0.3 is 0 Å². The van der Waals surface area contributed by atoms with Gasteiger partial charge in [0.1, 0.15) is 12.4 Å². The van der Waals surface area contributed by atoms with Crippen LogP contribution in [0.5, 0.6) is 5.75 Å². The van der Waals surface area contributed by atoms with E-state index in [9.17, 15) is 4.79 Å². The highest BCUT2D eigenvalue weighted by Crippen LogP contribution is 2.53. The first-order chi connectivity index (χ1) is 21.6. The second kappa shape index (κ2) is 15.1. The van der Waals surface area contributed by atoms with Gasteiger partial charge in [0.05, 0.1) is 12.2 Å². The number of carbonyl (C=O) groups is 1. The molecule has 2 aliphatic carbocycles. The van der Waals surface area contributed by atoms with E-state index in [1.165, 1.54) is 29.5 Å². The summed E-state index contributed by atoms with van der Waals surface area (Å²) in [7, 11) is -2.18. The molecule has 5 rings (SSSR count). The van der Waals surface area contributed by atoms with Crippen LogP contribution in [-0.2, 0) is 31.7 Å². The summed E-state index contributed by atoms with van der Waals surface area (Å²) in [4.78, 5) is 13.9. The molecule has 5 nitrogen and oxygen atoms in total. The molecule has 0 amide bonds. The number of Topliss-reactive ketones (excluding diaryl/α,β-unsaturated/α-hetero) is 1. The van der Waals surface area contributed by atoms with Crippen molar-refractivity contribution in [2.45, 2.75) is 142 Å². The first kappa shape index (κ1) is 34.1. The van der Waals surface area contributed by atoms with Crippen LogP contribution in [-0.4, -0.2) is 33.1 Å². The Morgan fingerprint density at radius 1 is 0.978 bits per heavy atom. The summed E-state index contributed by atoms with van der Waals surface area (Å²) in [6.45, 7) is 15.1. The van der Waals surface area contributed by atoms with Crippen LogP contribution in [0.15, 0.2) is 59.7 Å². The fourth-order valence-corrected chi connectivity index (χ4v) is 8.07. The summed E-state index contributed by atoms with van der Waals surface area (Å²) in [5.74, 6) is 1.36. The van der Waals surface area contributed by atoms with E-state index in [4.69, 9.17) is 18.6 Å². The lowest BCUT2D eigenvalue weighted by atomic mass is 9.78. The largest absolute Gasteiger partial charge is 0.489 e. The minimum absolute atomic E-state index is 0.0447. The minimum Gasteiger partial charge on any atom is -0.489 e. The summed E-state index contributed by atoms with van der Waals surface area (Å²) < 4.78 is 26.3. The van der Waals surface area contributed by atoms with Crippen molar-refractivity contribution in [3.63, 3.8) is 0 Å². The molecule has 0 spiro atoms. The van der Waals surface area contributed by atoms with E-state index in [0.717, 1.165) is 74.9 Å². The Kier molecular flexibility index (Phi) is 11.4. The van der Waals surface area contributed by atoms with E-state index < -0.39 is 8.32 Å². The standard InChI is InChI=1S/C39H56O5Si/c1-7-8-10-18-30(43-36-21-13-14-24-41-36)22-23-32-34(40)26-29-25-33-31(38(37(29)32)44-45(5,6)39(2,3)4)19-15-20-35(33)42-27-28-16-11-9-12-17-28/h9,11-12,15-17,19-20,29-30,36,38H,7-8,10,13-14,18,21-27H2,1-6H3/t29-,30-,36?,38-/m0/s1. The van der Waals surface area contributed by atoms with Gasteiger partial charge in [0.25, 0.3) is 0 Å². The number of ketones is 1. The quantitative estimate of drug-likeness (QED) is 0.153. The number of hydrogen-bond acceptors (Lipinski definition) is 5. The molecule has 0 N–H and O–H groups in total. The van der Waals surface area contributed by atoms with Crippen molar-refractivity contribution < 1.29 is 23.4 Å². The number of allylic oxidation sites excluding steroid dienone is 1. The van der Waals surface area contributed by atoms with Crippen LogP contribution in [0.3, 0.4) is 0 Å². The second-order valence-electron chi connectivity index (χ2n) is 14.9. The average Bonchev–Trinajstić information content (AvgIpc) is 3.33. The lowest BCUT2D eigenvalue weighted by molar-refractivity contribution is -0.190. The molecule has 0 radical (unpaired) electrons. The molecule has 0 aromatic heterocycles. The van der Waals surface area contributed by atoms with Crippen LogP contribution in [0, 0.1) is 5.92 Å². The van der Waals surface area contributed by atoms with Crippen molar-refractivity contribution in [3.8, 4) is 5.75 Å². The van der Waals surface area contributed by atoms with Crippen LogP contribution in [0.4, 0.5) is 0 Å². The predicted octanol–water partition coefficient (Wildman–Crippen LogP) is 10.0. The average molecular weight is 633 g/mol. The Labute approximate surface area is 273 Å². The maximum atomic E-state index is 13.9. The van der Waals surface area contributed by atoms with Gasteiger partial charge in [-0.15, -0.1) is 0 Å². The Morgan fingerprint density at radius 3 is 2.49 bits per heavy atom. The maximum Gasteiger partial charge on any atom is 0.193 e. The van der Waals surface area contributed by atoms with Crippen LogP contribution >= 0.6 is 0 Å². The number of fused-ring (bicyclic) bond motifs is 2. The van der Waals surface area contributed by atoms with Gasteiger partial charge in [-0.25, -0.2) is 0 Å². The van der Waals surface area contributed by atoms with E-state index in [0.29, 0.717) is 18.8 Å². The van der Waals surface area contributed by atoms with Crippen molar-refractivity contribution in [1.29, 1.82) is 0 Å². The molecule has 6 heteroatoms. The summed E-state index contributed by atoms with van der Waals surface area (Å²) >= 11 is 0. The lowest BCUT2D eigenvalue weighted by Gasteiger charge is -2.43. The predicted molar refractivity (Wildman–Crippen MR) is 184 cm³/mol. The number of benzene rings is 2. The molecular formula is C39H56O5Si. The van der Waals surface area contributed by atoms with Gasteiger partial charge in [-0.1, -0.05) is 89.4 Å². The van der Waals surface area contributed by atoms with Gasteiger partial charge in [0.2, 0.25) is 0 Å². The molecular weight excluding hydrogens is 577 g/mol. The molecule has 4 atom stereocenters. The topological polar surface area (TPSA) is 54.0 Å². The molecule has 2 aromatic carbocycles. The summed E-state index contributed by atoms with van der Waals surface area (Å²) in [5, 5.41) is 0.0447. The van der Waals surface area contributed by atoms with Gasteiger partial charge in [-0.2, -0.15) is 0 Å². The zero-order chi connectivity index (χ0) is 32.0. The highest BCUT2D eigenvalue weighted by molar-refractivity contribution is 6.74. The van der Waals surface area contributed by atoms with Gasteiger partial charge in [0.15, 0.2) is 20.4 Å². The van der Waals surface area contributed by atoms with Crippen LogP contribution in [0.1, 0.15) is 115 Å². The Hall–Kier alpha value is -2.25. The Morgan fingerprint density at radius 2 is 1.78 bits per heavy atom. The van der Waals surface area contributed by atoms with Crippen molar-refractivity contribution in [3.05, 3.63) is 76.4 Å². The maximum absolute atomic E-state index is 13.9. The molecule has 1 heterocycles. The molecule has 0 saturated carbocycles. The number of ether oxygens (including phenoxy) is 3. The summed E-state index contributed by atoms with van der Waals surface area (Å²) in [5.41, 5.74) is 5.76. The first-order valence-corrected chi connectivity index (χ1v) is 20.5. The highest BCUT2D eigenvalue weighted by atomic mass is 28.4. The molecule has 3 aliphatic rings. The van der Waals surface area contributed by atoms with E-state index in [1.807, 2.05) is 18.2 Å². The van der Waals surface area contributed by atoms with Crippen molar-refractivity contribution in [2.75, 3.05) is 6.61 Å². The normalized spacial score (nSPS) is 22.7. The van der Waals surface area contributed by atoms with Crippen LogP contribution in [0.25, 0.3) is 0 Å². The third-order valence-corrected chi connectivity index (χ3v) is 15.0. The lowest BCUT2D eigenvalue weighted by Crippen LogP contribution is -2.43. The Balaban J connectivity index is 1.45. The van der Waals surface area contributed by atoms with Crippen molar-refractivity contribution in [2.24, 2.45) is 5.92 Å². The Bertz CT molecular complexity index is 1300. The molecule has 45 heavy (non-hydrogen) atoms. The highest BCUT2D eigenvalue weighted by Gasteiger charge is 2.47. The van der Waals surface area contributed by atoms with E-state index in [1.54, 1.807) is 0 Å². The number of unbranched alkanes of at least 4 members (excludes halogenated alkanes) is 2. The smallest absolute Gasteiger partial charge is 0.193 e. The number of rotatable bonds is 14. The van der Waals surface area contributed by atoms with Crippen molar-refractivity contribution in [1.82, 2.24) is 0 Å². The van der Waals surface area contributed by atoms with Crippen LogP contribution in [0.2, 0.25) is 18.1 Å². The molecule has 1 unspecified atom stereocenters. The van der Waals surface area contributed by atoms with Gasteiger partial charge in [-0.05, 0) is 97.3 Å². The third-order valence-electron chi connectivity index (χ3n) is 10.5. The van der Waals surface area contributed by atoms with Gasteiger partial charge < -0.3 is 18.6 Å². The molecule has 2 aromatic rings. The van der Waals surface area contributed by atoms with E-state index >= 15 is 0 Å². The van der Waals surface area contributed by atoms with Crippen molar-refractivity contribution >= 4 is 14.1 Å². The van der Waals surface area contributed by atoms with E-state index in [2.05, 4.69) is 71.1 Å². The third kappa shape index (κ3) is 8.37. The zero-order valence-electron chi connectivity index (χ0n) is 28.7. The monoisotopic (exact) mass is 632 g/mol. The summed E-state index contributed by atoms with van der Waals surface area (Å²) in [6, 6.07) is 16.7. The summed E-state index contributed by atoms with van der Waals surface area (Å²) in [6.07, 6.45) is 10.5. The minimum atomic E-state index is -2.18. The fourth-order valence-electron chi connectivity index (χ4n) is 6.87. The van der Waals surface area contributed by atoms with Crippen LogP contribution < -0.4 is 4.74 Å².